The Kier molecular flexibility index (Phi) is 5.26. The quantitative estimate of drug-likeness (QED) is 0.888. The molecule has 0 bridgehead atoms. The molecule has 1 aliphatic carbocycles. The summed E-state index contributed by atoms with van der Waals surface area (Å²) in [5, 5.41) is 3.33. The van der Waals surface area contributed by atoms with Crippen LogP contribution in [0.5, 0.6) is 0 Å². The van der Waals surface area contributed by atoms with Gasteiger partial charge in [0, 0.05) is 31.3 Å². The predicted octanol–water partition coefficient (Wildman–Crippen LogP) is 3.15. The second-order valence-electron chi connectivity index (χ2n) is 8.14. The van der Waals surface area contributed by atoms with Crippen molar-refractivity contribution in [1.29, 1.82) is 0 Å². The summed E-state index contributed by atoms with van der Waals surface area (Å²) >= 11 is 0. The van der Waals surface area contributed by atoms with Crippen molar-refractivity contribution < 1.29 is 4.79 Å². The molecule has 2 aromatic rings. The predicted molar refractivity (Wildman–Crippen MR) is 108 cm³/mol. The summed E-state index contributed by atoms with van der Waals surface area (Å²) in [6.07, 6.45) is 9.79. The van der Waals surface area contributed by atoms with Gasteiger partial charge in [-0.3, -0.25) is 14.7 Å². The third-order valence-corrected chi connectivity index (χ3v) is 6.11. The van der Waals surface area contributed by atoms with E-state index in [1.165, 1.54) is 30.4 Å². The van der Waals surface area contributed by atoms with Gasteiger partial charge in [-0.05, 0) is 62.0 Å². The van der Waals surface area contributed by atoms with Crippen LogP contribution in [0, 0.1) is 0 Å². The third kappa shape index (κ3) is 3.77. The summed E-state index contributed by atoms with van der Waals surface area (Å²) in [7, 11) is 0. The molecule has 27 heavy (non-hydrogen) atoms. The van der Waals surface area contributed by atoms with Crippen molar-refractivity contribution in [3.8, 4) is 0 Å². The Morgan fingerprint density at radius 3 is 2.44 bits per heavy atom. The lowest BCUT2D eigenvalue weighted by atomic mass is 9.89. The van der Waals surface area contributed by atoms with Gasteiger partial charge in [-0.15, -0.1) is 0 Å². The zero-order chi connectivity index (χ0) is 18.7. The fourth-order valence-corrected chi connectivity index (χ4v) is 4.73. The van der Waals surface area contributed by atoms with Crippen LogP contribution in [0.1, 0.15) is 42.9 Å². The van der Waals surface area contributed by atoms with Crippen LogP contribution < -0.4 is 5.32 Å². The highest BCUT2D eigenvalue weighted by Gasteiger charge is 2.48. The fourth-order valence-electron chi connectivity index (χ4n) is 4.73. The minimum Gasteiger partial charge on any atom is -0.352 e. The maximum atomic E-state index is 13.6. The summed E-state index contributed by atoms with van der Waals surface area (Å²) in [5.41, 5.74) is 3.40. The number of carbonyl (C=O) groups excluding carboxylic acids is 1. The SMILES string of the molecule is C[C@@H](Cc1cccnc1)NC(=O)C1(N2CCCCC2)Cc2ccccc2C1. The van der Waals surface area contributed by atoms with E-state index in [2.05, 4.69) is 52.5 Å². The first kappa shape index (κ1) is 18.2. The monoisotopic (exact) mass is 363 g/mol. The molecule has 4 rings (SSSR count). The zero-order valence-electron chi connectivity index (χ0n) is 16.2. The van der Waals surface area contributed by atoms with Gasteiger partial charge in [0.2, 0.25) is 5.91 Å². The lowest BCUT2D eigenvalue weighted by Crippen LogP contribution is -2.62. The average molecular weight is 364 g/mol. The number of amides is 1. The lowest BCUT2D eigenvalue weighted by molar-refractivity contribution is -0.134. The molecule has 1 aliphatic heterocycles. The van der Waals surface area contributed by atoms with Crippen LogP contribution in [0.2, 0.25) is 0 Å². The van der Waals surface area contributed by atoms with Crippen LogP contribution in [0.15, 0.2) is 48.8 Å². The number of aromatic nitrogens is 1. The zero-order valence-corrected chi connectivity index (χ0v) is 16.2. The molecule has 0 spiro atoms. The molecular weight excluding hydrogens is 334 g/mol. The molecule has 0 radical (unpaired) electrons. The van der Waals surface area contributed by atoms with Gasteiger partial charge < -0.3 is 5.32 Å². The minimum absolute atomic E-state index is 0.0899. The lowest BCUT2D eigenvalue weighted by Gasteiger charge is -2.42. The van der Waals surface area contributed by atoms with Gasteiger partial charge in [-0.1, -0.05) is 36.8 Å². The smallest absolute Gasteiger partial charge is 0.241 e. The highest BCUT2D eigenvalue weighted by molar-refractivity contribution is 5.88. The second-order valence-corrected chi connectivity index (χ2v) is 8.14. The van der Waals surface area contributed by atoms with Crippen molar-refractivity contribution in [1.82, 2.24) is 15.2 Å². The fraction of sp³-hybridized carbons (Fsp3) is 0.478. The van der Waals surface area contributed by atoms with Gasteiger partial charge in [0.25, 0.3) is 0 Å². The van der Waals surface area contributed by atoms with E-state index in [0.29, 0.717) is 0 Å². The Balaban J connectivity index is 1.53. The highest BCUT2D eigenvalue weighted by atomic mass is 16.2. The number of rotatable bonds is 5. The Hall–Kier alpha value is -2.20. The molecule has 1 aromatic carbocycles. The van der Waals surface area contributed by atoms with E-state index in [9.17, 15) is 4.79 Å². The minimum atomic E-state index is -0.423. The molecule has 1 fully saturated rings. The summed E-state index contributed by atoms with van der Waals surface area (Å²) in [5.74, 6) is 0.192. The molecule has 0 unspecified atom stereocenters. The number of piperidine rings is 1. The van der Waals surface area contributed by atoms with Gasteiger partial charge in [0.1, 0.15) is 5.54 Å². The molecule has 4 heteroatoms. The second kappa shape index (κ2) is 7.81. The van der Waals surface area contributed by atoms with E-state index < -0.39 is 5.54 Å². The molecule has 4 nitrogen and oxygen atoms in total. The average Bonchev–Trinajstić information content (AvgIpc) is 3.10. The van der Waals surface area contributed by atoms with Crippen molar-refractivity contribution in [3.05, 3.63) is 65.5 Å². The van der Waals surface area contributed by atoms with E-state index >= 15 is 0 Å². The highest BCUT2D eigenvalue weighted by Crippen LogP contribution is 2.36. The summed E-state index contributed by atoms with van der Waals surface area (Å²) in [6.45, 7) is 4.15. The van der Waals surface area contributed by atoms with Gasteiger partial charge >= 0.3 is 0 Å². The Morgan fingerprint density at radius 1 is 1.11 bits per heavy atom. The molecule has 2 heterocycles. The first-order chi connectivity index (χ1) is 13.2. The van der Waals surface area contributed by atoms with E-state index in [4.69, 9.17) is 0 Å². The van der Waals surface area contributed by atoms with Crippen LogP contribution in [0.25, 0.3) is 0 Å². The molecular formula is C23H29N3O. The van der Waals surface area contributed by atoms with E-state index in [1.807, 2.05) is 12.3 Å². The maximum Gasteiger partial charge on any atom is 0.241 e. The third-order valence-electron chi connectivity index (χ3n) is 6.11. The van der Waals surface area contributed by atoms with E-state index in [1.54, 1.807) is 6.20 Å². The number of hydrogen-bond acceptors (Lipinski definition) is 3. The van der Waals surface area contributed by atoms with Gasteiger partial charge in [0.15, 0.2) is 0 Å². The Labute approximate surface area is 162 Å². The largest absolute Gasteiger partial charge is 0.352 e. The van der Waals surface area contributed by atoms with Crippen LogP contribution in [0.4, 0.5) is 0 Å². The topological polar surface area (TPSA) is 45.2 Å². The first-order valence-corrected chi connectivity index (χ1v) is 10.2. The summed E-state index contributed by atoms with van der Waals surface area (Å²) < 4.78 is 0. The van der Waals surface area contributed by atoms with Crippen LogP contribution in [-0.2, 0) is 24.1 Å². The molecule has 142 valence electrons. The van der Waals surface area contributed by atoms with Crippen molar-refractivity contribution in [2.45, 2.75) is 57.0 Å². The van der Waals surface area contributed by atoms with Crippen LogP contribution in [0.3, 0.4) is 0 Å². The van der Waals surface area contributed by atoms with Crippen molar-refractivity contribution >= 4 is 5.91 Å². The molecule has 1 atom stereocenters. The van der Waals surface area contributed by atoms with Gasteiger partial charge in [0.05, 0.1) is 0 Å². The van der Waals surface area contributed by atoms with E-state index in [-0.39, 0.29) is 11.9 Å². The molecule has 1 amide bonds. The van der Waals surface area contributed by atoms with Gasteiger partial charge in [-0.2, -0.15) is 0 Å². The Morgan fingerprint density at radius 2 is 1.81 bits per heavy atom. The molecule has 2 aliphatic rings. The maximum absolute atomic E-state index is 13.6. The standard InChI is InChI=1S/C23H29N3O/c1-18(14-19-8-7-11-24-17-19)25-22(27)23(26-12-5-2-6-13-26)15-20-9-3-4-10-21(20)16-23/h3-4,7-11,17-18H,2,5-6,12-16H2,1H3,(H,25,27)/t18-/m0/s1. The number of pyridine rings is 1. The van der Waals surface area contributed by atoms with Crippen molar-refractivity contribution in [2.24, 2.45) is 0 Å². The van der Waals surface area contributed by atoms with E-state index in [0.717, 1.165) is 37.9 Å². The number of hydrogen-bond donors (Lipinski definition) is 1. The molecule has 1 saturated heterocycles. The van der Waals surface area contributed by atoms with Crippen molar-refractivity contribution in [2.75, 3.05) is 13.1 Å². The number of carbonyl (C=O) groups is 1. The normalized spacial score (nSPS) is 20.0. The van der Waals surface area contributed by atoms with Crippen molar-refractivity contribution in [3.63, 3.8) is 0 Å². The summed E-state index contributed by atoms with van der Waals surface area (Å²) in [6, 6.07) is 12.7. The molecule has 1 aromatic heterocycles. The number of benzene rings is 1. The number of fused-ring (bicyclic) bond motifs is 1. The van der Waals surface area contributed by atoms with Crippen LogP contribution >= 0.6 is 0 Å². The molecule has 1 N–H and O–H groups in total. The molecule has 0 saturated carbocycles. The first-order valence-electron chi connectivity index (χ1n) is 10.2. The Bertz CT molecular complexity index is 758. The number of nitrogens with zero attached hydrogens (tertiary/aromatic N) is 2. The van der Waals surface area contributed by atoms with Gasteiger partial charge in [-0.25, -0.2) is 0 Å². The summed E-state index contributed by atoms with van der Waals surface area (Å²) in [4.78, 5) is 20.2. The van der Waals surface area contributed by atoms with Crippen LogP contribution in [-0.4, -0.2) is 40.5 Å². The number of likely N-dealkylation sites (tertiary alicyclic amines) is 1. The number of nitrogens with one attached hydrogen (secondary N) is 1.